The van der Waals surface area contributed by atoms with Gasteiger partial charge in [-0.25, -0.2) is 9.97 Å². The molecule has 1 atom stereocenters. The molecule has 5 rings (SSSR count). The number of halogens is 1. The average molecular weight is 398 g/mol. The molecular weight excluding hydrogens is 374 g/mol. The van der Waals surface area contributed by atoms with Crippen LogP contribution in [0.1, 0.15) is 53.4 Å². The Morgan fingerprint density at radius 2 is 2.00 bits per heavy atom. The van der Waals surface area contributed by atoms with E-state index in [4.69, 9.17) is 11.6 Å². The van der Waals surface area contributed by atoms with Crippen molar-refractivity contribution in [2.24, 2.45) is 5.92 Å². The van der Waals surface area contributed by atoms with Gasteiger partial charge in [-0.2, -0.15) is 0 Å². The standard InChI is InChI=1S/C21H24ClN5O/c1-12-16-9-27(10-18(16)25-13(2)20(12)22)21(28)15-5-6-26(8-15)19-7-17(14-3-4-14)23-11-24-19/h7,11,14-15H,3-6,8-10H2,1-2H3/t15-/m1/s1. The summed E-state index contributed by atoms with van der Waals surface area (Å²) >= 11 is 6.36. The fourth-order valence-corrected chi connectivity index (χ4v) is 4.58. The van der Waals surface area contributed by atoms with E-state index in [9.17, 15) is 4.79 Å². The maximum absolute atomic E-state index is 13.2. The van der Waals surface area contributed by atoms with Crippen LogP contribution >= 0.6 is 11.6 Å². The fourth-order valence-electron chi connectivity index (χ4n) is 4.43. The van der Waals surface area contributed by atoms with E-state index in [1.165, 1.54) is 12.8 Å². The molecule has 0 unspecified atom stereocenters. The Bertz CT molecular complexity index is 958. The number of aromatic nitrogens is 3. The Morgan fingerprint density at radius 1 is 1.18 bits per heavy atom. The molecule has 3 aliphatic rings. The van der Waals surface area contributed by atoms with Gasteiger partial charge in [-0.05, 0) is 44.2 Å². The minimum atomic E-state index is 0.00512. The molecule has 146 valence electrons. The van der Waals surface area contributed by atoms with Crippen LogP contribution < -0.4 is 4.90 Å². The molecular formula is C21H24ClN5O. The van der Waals surface area contributed by atoms with Crippen LogP contribution in [0.2, 0.25) is 5.02 Å². The molecule has 28 heavy (non-hydrogen) atoms. The minimum absolute atomic E-state index is 0.00512. The number of pyridine rings is 1. The van der Waals surface area contributed by atoms with Gasteiger partial charge < -0.3 is 9.80 Å². The van der Waals surface area contributed by atoms with Crippen LogP contribution in [0.25, 0.3) is 0 Å². The summed E-state index contributed by atoms with van der Waals surface area (Å²) in [4.78, 5) is 30.8. The van der Waals surface area contributed by atoms with E-state index >= 15 is 0 Å². The van der Waals surface area contributed by atoms with Gasteiger partial charge in [0.15, 0.2) is 0 Å². The molecule has 7 heteroatoms. The molecule has 0 N–H and O–H groups in total. The summed E-state index contributed by atoms with van der Waals surface area (Å²) in [6, 6.07) is 2.11. The third-order valence-electron chi connectivity index (χ3n) is 6.28. The fraction of sp³-hybridized carbons (Fsp3) is 0.524. The molecule has 6 nitrogen and oxygen atoms in total. The van der Waals surface area contributed by atoms with Crippen molar-refractivity contribution >= 4 is 23.3 Å². The molecule has 2 aromatic rings. The first-order valence-corrected chi connectivity index (χ1v) is 10.4. The van der Waals surface area contributed by atoms with Crippen LogP contribution in [0.4, 0.5) is 5.82 Å². The number of amides is 1. The lowest BCUT2D eigenvalue weighted by atomic mass is 10.1. The number of rotatable bonds is 3. The van der Waals surface area contributed by atoms with Crippen molar-refractivity contribution in [3.8, 4) is 0 Å². The quantitative estimate of drug-likeness (QED) is 0.794. The first-order valence-electron chi connectivity index (χ1n) is 10.0. The Kier molecular flexibility index (Phi) is 4.27. The maximum atomic E-state index is 13.2. The summed E-state index contributed by atoms with van der Waals surface area (Å²) in [5.41, 5.74) is 5.15. The van der Waals surface area contributed by atoms with E-state index < -0.39 is 0 Å². The van der Waals surface area contributed by atoms with E-state index in [1.807, 2.05) is 18.7 Å². The van der Waals surface area contributed by atoms with Crippen LogP contribution in [0.15, 0.2) is 12.4 Å². The van der Waals surface area contributed by atoms with Crippen LogP contribution in [0.5, 0.6) is 0 Å². The molecule has 0 aromatic carbocycles. The van der Waals surface area contributed by atoms with Crippen LogP contribution in [-0.2, 0) is 17.9 Å². The van der Waals surface area contributed by atoms with Gasteiger partial charge in [0.05, 0.1) is 28.9 Å². The second kappa shape index (κ2) is 6.69. The SMILES string of the molecule is Cc1nc2c(c(C)c1Cl)CN(C(=O)[C@@H]1CCN(c3cc(C4CC4)ncn3)C1)C2. The van der Waals surface area contributed by atoms with Gasteiger partial charge in [-0.1, -0.05) is 11.6 Å². The number of hydrogen-bond acceptors (Lipinski definition) is 5. The smallest absolute Gasteiger partial charge is 0.228 e. The predicted octanol–water partition coefficient (Wildman–Crippen LogP) is 3.39. The third kappa shape index (κ3) is 3.04. The molecule has 2 aliphatic heterocycles. The largest absolute Gasteiger partial charge is 0.356 e. The normalized spacial score (nSPS) is 21.3. The average Bonchev–Trinajstić information content (AvgIpc) is 3.28. The molecule has 1 amide bonds. The lowest BCUT2D eigenvalue weighted by Gasteiger charge is -2.21. The third-order valence-corrected chi connectivity index (χ3v) is 6.84. The Balaban J connectivity index is 1.28. The van der Waals surface area contributed by atoms with E-state index in [0.717, 1.165) is 58.6 Å². The molecule has 4 heterocycles. The number of fused-ring (bicyclic) bond motifs is 1. The highest BCUT2D eigenvalue weighted by Gasteiger charge is 2.36. The van der Waals surface area contributed by atoms with Gasteiger partial charge in [0.2, 0.25) is 5.91 Å². The summed E-state index contributed by atoms with van der Waals surface area (Å²) in [6.45, 7) is 6.73. The second-order valence-electron chi connectivity index (χ2n) is 8.26. The number of anilines is 1. The lowest BCUT2D eigenvalue weighted by molar-refractivity contribution is -0.135. The number of carbonyl (C=O) groups is 1. The number of hydrogen-bond donors (Lipinski definition) is 0. The summed E-state index contributed by atoms with van der Waals surface area (Å²) < 4.78 is 0. The summed E-state index contributed by atoms with van der Waals surface area (Å²) in [5.74, 6) is 1.78. The van der Waals surface area contributed by atoms with E-state index in [0.29, 0.717) is 19.0 Å². The van der Waals surface area contributed by atoms with E-state index in [-0.39, 0.29) is 11.8 Å². The zero-order chi connectivity index (χ0) is 19.4. The minimum Gasteiger partial charge on any atom is -0.356 e. The van der Waals surface area contributed by atoms with Gasteiger partial charge in [0.25, 0.3) is 0 Å². The molecule has 0 spiro atoms. The maximum Gasteiger partial charge on any atom is 0.228 e. The van der Waals surface area contributed by atoms with Gasteiger partial charge in [-0.3, -0.25) is 9.78 Å². The molecule has 0 radical (unpaired) electrons. The van der Waals surface area contributed by atoms with Crippen molar-refractivity contribution in [2.75, 3.05) is 18.0 Å². The molecule has 2 aromatic heterocycles. The van der Waals surface area contributed by atoms with Crippen molar-refractivity contribution < 1.29 is 4.79 Å². The zero-order valence-electron chi connectivity index (χ0n) is 16.3. The lowest BCUT2D eigenvalue weighted by Crippen LogP contribution is -2.34. The van der Waals surface area contributed by atoms with Gasteiger partial charge >= 0.3 is 0 Å². The van der Waals surface area contributed by atoms with Crippen molar-refractivity contribution in [1.82, 2.24) is 19.9 Å². The first kappa shape index (κ1) is 17.9. The number of carbonyl (C=O) groups excluding carboxylic acids is 1. The van der Waals surface area contributed by atoms with Gasteiger partial charge in [-0.15, -0.1) is 0 Å². The molecule has 1 aliphatic carbocycles. The summed E-state index contributed by atoms with van der Waals surface area (Å²) in [6.07, 6.45) is 4.98. The summed E-state index contributed by atoms with van der Waals surface area (Å²) in [7, 11) is 0. The molecule has 1 saturated heterocycles. The van der Waals surface area contributed by atoms with E-state index in [2.05, 4.69) is 25.9 Å². The van der Waals surface area contributed by atoms with Crippen LogP contribution in [0, 0.1) is 19.8 Å². The second-order valence-corrected chi connectivity index (χ2v) is 8.64. The summed E-state index contributed by atoms with van der Waals surface area (Å²) in [5, 5.41) is 0.718. The molecule has 1 saturated carbocycles. The van der Waals surface area contributed by atoms with Crippen molar-refractivity contribution in [3.05, 3.63) is 45.6 Å². The van der Waals surface area contributed by atoms with E-state index in [1.54, 1.807) is 6.33 Å². The zero-order valence-corrected chi connectivity index (χ0v) is 17.0. The highest BCUT2D eigenvalue weighted by molar-refractivity contribution is 6.32. The Labute approximate surface area is 169 Å². The van der Waals surface area contributed by atoms with Crippen LogP contribution in [-0.4, -0.2) is 38.8 Å². The molecule has 2 fully saturated rings. The number of nitrogens with zero attached hydrogens (tertiary/aromatic N) is 5. The van der Waals surface area contributed by atoms with Crippen LogP contribution in [0.3, 0.4) is 0 Å². The van der Waals surface area contributed by atoms with Crippen molar-refractivity contribution in [2.45, 2.75) is 52.1 Å². The Morgan fingerprint density at radius 3 is 2.79 bits per heavy atom. The van der Waals surface area contributed by atoms with Gasteiger partial charge in [0.1, 0.15) is 12.1 Å². The van der Waals surface area contributed by atoms with Crippen molar-refractivity contribution in [1.29, 1.82) is 0 Å². The highest BCUT2D eigenvalue weighted by atomic mass is 35.5. The highest BCUT2D eigenvalue weighted by Crippen LogP contribution is 2.40. The number of aryl methyl sites for hydroxylation is 1. The van der Waals surface area contributed by atoms with Crippen molar-refractivity contribution in [3.63, 3.8) is 0 Å². The topological polar surface area (TPSA) is 62.2 Å². The monoisotopic (exact) mass is 397 g/mol. The van der Waals surface area contributed by atoms with Gasteiger partial charge in [0, 0.05) is 37.3 Å². The Hall–Kier alpha value is -2.21. The predicted molar refractivity (Wildman–Crippen MR) is 107 cm³/mol. The first-order chi connectivity index (χ1) is 13.5. The molecule has 0 bridgehead atoms.